The molecule has 3 N–H and O–H groups in total. The zero-order valence-corrected chi connectivity index (χ0v) is 11.3. The van der Waals surface area contributed by atoms with Crippen molar-refractivity contribution in [1.82, 2.24) is 5.32 Å². The zero-order chi connectivity index (χ0) is 11.7. The van der Waals surface area contributed by atoms with E-state index in [0.29, 0.717) is 13.2 Å². The van der Waals surface area contributed by atoms with E-state index in [1.807, 2.05) is 13.8 Å². The van der Waals surface area contributed by atoms with E-state index in [4.69, 9.17) is 10.5 Å². The first-order chi connectivity index (χ1) is 7.09. The molecule has 16 heavy (non-hydrogen) atoms. The fourth-order valence-corrected chi connectivity index (χ4v) is 0.995. The first-order valence-electron chi connectivity index (χ1n) is 5.70. The molecule has 0 aliphatic rings. The average molecular weight is 253 g/mol. The van der Waals surface area contributed by atoms with Gasteiger partial charge in [-0.25, -0.2) is 0 Å². The number of ether oxygens (including phenoxy) is 1. The molecule has 0 radical (unpaired) electrons. The molecule has 0 spiro atoms. The summed E-state index contributed by atoms with van der Waals surface area (Å²) in [5, 5.41) is 2.80. The Labute approximate surface area is 105 Å². The maximum absolute atomic E-state index is 11.4. The van der Waals surface area contributed by atoms with Crippen molar-refractivity contribution in [2.75, 3.05) is 19.8 Å². The second-order valence-corrected chi connectivity index (χ2v) is 3.90. The smallest absolute Gasteiger partial charge is 0.224 e. The van der Waals surface area contributed by atoms with Crippen LogP contribution < -0.4 is 11.1 Å². The van der Waals surface area contributed by atoms with Gasteiger partial charge in [-0.3, -0.25) is 4.79 Å². The van der Waals surface area contributed by atoms with E-state index in [1.54, 1.807) is 0 Å². The van der Waals surface area contributed by atoms with Gasteiger partial charge in [-0.2, -0.15) is 0 Å². The number of hydrogen-bond donors (Lipinski definition) is 2. The fraction of sp³-hybridized carbons (Fsp3) is 0.909. The molecule has 0 heterocycles. The SMILES string of the molecule is CCCCOCCNC(=O)C(C)C(C)N.Cl. The highest BCUT2D eigenvalue weighted by molar-refractivity contribution is 5.85. The van der Waals surface area contributed by atoms with Crippen molar-refractivity contribution in [3.8, 4) is 0 Å². The minimum Gasteiger partial charge on any atom is -0.380 e. The third-order valence-corrected chi connectivity index (χ3v) is 2.39. The molecule has 4 nitrogen and oxygen atoms in total. The highest BCUT2D eigenvalue weighted by atomic mass is 35.5. The fourth-order valence-electron chi connectivity index (χ4n) is 0.995. The van der Waals surface area contributed by atoms with Crippen molar-refractivity contribution in [3.05, 3.63) is 0 Å². The molecule has 0 aromatic heterocycles. The number of amides is 1. The first-order valence-corrected chi connectivity index (χ1v) is 5.70. The predicted octanol–water partition coefficient (Wildman–Crippen LogP) is 1.32. The zero-order valence-electron chi connectivity index (χ0n) is 10.5. The Morgan fingerprint density at radius 3 is 2.50 bits per heavy atom. The topological polar surface area (TPSA) is 64.3 Å². The van der Waals surface area contributed by atoms with Crippen molar-refractivity contribution in [1.29, 1.82) is 0 Å². The van der Waals surface area contributed by atoms with Crippen LogP contribution in [0.15, 0.2) is 0 Å². The molecule has 0 aromatic rings. The molecule has 0 saturated heterocycles. The lowest BCUT2D eigenvalue weighted by Crippen LogP contribution is -2.39. The Kier molecular flexibility index (Phi) is 12.6. The summed E-state index contributed by atoms with van der Waals surface area (Å²) >= 11 is 0. The summed E-state index contributed by atoms with van der Waals surface area (Å²) in [5.41, 5.74) is 5.61. The summed E-state index contributed by atoms with van der Waals surface area (Å²) in [6, 6.07) is -0.106. The molecule has 0 aromatic carbocycles. The lowest BCUT2D eigenvalue weighted by Gasteiger charge is -2.15. The number of halogens is 1. The molecule has 0 fully saturated rings. The Morgan fingerprint density at radius 2 is 2.00 bits per heavy atom. The lowest BCUT2D eigenvalue weighted by atomic mass is 10.0. The molecule has 5 heteroatoms. The van der Waals surface area contributed by atoms with Gasteiger partial charge < -0.3 is 15.8 Å². The largest absolute Gasteiger partial charge is 0.380 e. The van der Waals surface area contributed by atoms with Crippen LogP contribution in [0, 0.1) is 5.92 Å². The van der Waals surface area contributed by atoms with Crippen LogP contribution >= 0.6 is 12.4 Å². The van der Waals surface area contributed by atoms with Gasteiger partial charge in [0.25, 0.3) is 0 Å². The van der Waals surface area contributed by atoms with E-state index in [1.165, 1.54) is 0 Å². The molecule has 0 rings (SSSR count). The minimum atomic E-state index is -0.138. The molecule has 0 saturated carbocycles. The molecule has 2 atom stereocenters. The normalized spacial score (nSPS) is 13.8. The first kappa shape index (κ1) is 18.1. The molecule has 0 aliphatic heterocycles. The number of nitrogens with two attached hydrogens (primary N) is 1. The number of rotatable bonds is 8. The van der Waals surface area contributed by atoms with Crippen LogP contribution in [0.4, 0.5) is 0 Å². The second kappa shape index (κ2) is 11.2. The number of hydrogen-bond acceptors (Lipinski definition) is 3. The standard InChI is InChI=1S/C11H24N2O2.ClH/c1-4-5-7-15-8-6-13-11(14)9(2)10(3)12;/h9-10H,4-8,12H2,1-3H3,(H,13,14);1H. The van der Waals surface area contributed by atoms with Gasteiger partial charge in [-0.15, -0.1) is 12.4 Å². The van der Waals surface area contributed by atoms with Crippen molar-refractivity contribution < 1.29 is 9.53 Å². The van der Waals surface area contributed by atoms with Crippen LogP contribution in [0.1, 0.15) is 33.6 Å². The van der Waals surface area contributed by atoms with E-state index in [0.717, 1.165) is 19.4 Å². The molecule has 0 bridgehead atoms. The average Bonchev–Trinajstić information content (AvgIpc) is 2.21. The molecule has 98 valence electrons. The number of carbonyl (C=O) groups is 1. The molecule has 0 aliphatic carbocycles. The lowest BCUT2D eigenvalue weighted by molar-refractivity contribution is -0.125. The van der Waals surface area contributed by atoms with Gasteiger partial charge in [0.2, 0.25) is 5.91 Å². The van der Waals surface area contributed by atoms with Gasteiger partial charge >= 0.3 is 0 Å². The van der Waals surface area contributed by atoms with Crippen LogP contribution in [0.3, 0.4) is 0 Å². The van der Waals surface area contributed by atoms with Crippen LogP contribution in [0.25, 0.3) is 0 Å². The maximum atomic E-state index is 11.4. The van der Waals surface area contributed by atoms with Crippen molar-refractivity contribution in [2.45, 2.75) is 39.7 Å². The van der Waals surface area contributed by atoms with Crippen molar-refractivity contribution in [2.24, 2.45) is 11.7 Å². The summed E-state index contributed by atoms with van der Waals surface area (Å²) in [7, 11) is 0. The van der Waals surface area contributed by atoms with Crippen molar-refractivity contribution in [3.63, 3.8) is 0 Å². The Morgan fingerprint density at radius 1 is 1.38 bits per heavy atom. The van der Waals surface area contributed by atoms with Gasteiger partial charge in [0, 0.05) is 25.1 Å². The molecule has 1 amide bonds. The second-order valence-electron chi connectivity index (χ2n) is 3.90. The monoisotopic (exact) mass is 252 g/mol. The van der Waals surface area contributed by atoms with E-state index in [-0.39, 0.29) is 30.3 Å². The number of unbranched alkanes of at least 4 members (excludes halogenated alkanes) is 1. The van der Waals surface area contributed by atoms with E-state index in [2.05, 4.69) is 12.2 Å². The molecular weight excluding hydrogens is 228 g/mol. The van der Waals surface area contributed by atoms with Crippen LogP contribution in [0.2, 0.25) is 0 Å². The van der Waals surface area contributed by atoms with Gasteiger partial charge in [-0.1, -0.05) is 20.3 Å². The summed E-state index contributed by atoms with van der Waals surface area (Å²) in [5.74, 6) is -0.135. The highest BCUT2D eigenvalue weighted by Crippen LogP contribution is 1.98. The van der Waals surface area contributed by atoms with Gasteiger partial charge in [0.05, 0.1) is 6.61 Å². The molecule has 2 unspecified atom stereocenters. The predicted molar refractivity (Wildman–Crippen MR) is 68.8 cm³/mol. The summed E-state index contributed by atoms with van der Waals surface area (Å²) in [4.78, 5) is 11.4. The van der Waals surface area contributed by atoms with E-state index in [9.17, 15) is 4.79 Å². The van der Waals surface area contributed by atoms with Gasteiger partial charge in [0.15, 0.2) is 0 Å². The maximum Gasteiger partial charge on any atom is 0.224 e. The molecular formula is C11H25ClN2O2. The summed E-state index contributed by atoms with van der Waals surface area (Å²) in [6.45, 7) is 7.71. The van der Waals surface area contributed by atoms with Crippen LogP contribution in [-0.2, 0) is 9.53 Å². The van der Waals surface area contributed by atoms with Crippen LogP contribution in [0.5, 0.6) is 0 Å². The van der Waals surface area contributed by atoms with Gasteiger partial charge in [0.1, 0.15) is 0 Å². The summed E-state index contributed by atoms with van der Waals surface area (Å²) in [6.07, 6.45) is 2.21. The highest BCUT2D eigenvalue weighted by Gasteiger charge is 2.15. The number of nitrogens with one attached hydrogen (secondary N) is 1. The van der Waals surface area contributed by atoms with E-state index < -0.39 is 0 Å². The Balaban J connectivity index is 0. The van der Waals surface area contributed by atoms with Gasteiger partial charge in [-0.05, 0) is 13.3 Å². The quantitative estimate of drug-likeness (QED) is 0.641. The van der Waals surface area contributed by atoms with Crippen LogP contribution in [-0.4, -0.2) is 31.7 Å². The third-order valence-electron chi connectivity index (χ3n) is 2.39. The number of carbonyl (C=O) groups excluding carboxylic acids is 1. The Bertz CT molecular complexity index is 177. The third kappa shape index (κ3) is 8.95. The minimum absolute atomic E-state index is 0. The van der Waals surface area contributed by atoms with Crippen molar-refractivity contribution >= 4 is 18.3 Å². The summed E-state index contributed by atoms with van der Waals surface area (Å²) < 4.78 is 5.32. The Hall–Kier alpha value is -0.320. The van der Waals surface area contributed by atoms with E-state index >= 15 is 0 Å².